The van der Waals surface area contributed by atoms with Gasteiger partial charge in [-0.25, -0.2) is 0 Å². The molecule has 2 atom stereocenters. The molecule has 0 amide bonds. The standard InChI is InChI=1S/C21H32N6/c1-16-7-9-18(10-8-16)17(2)12-23-21(22-3)25-19-6-5-11-27(14-19)20-13-24-26(4)15-20/h7-10,13,15,17,19H,5-6,11-12,14H2,1-4H3,(H2,22,23,25). The number of benzene rings is 1. The first-order valence-electron chi connectivity index (χ1n) is 9.82. The highest BCUT2D eigenvalue weighted by Crippen LogP contribution is 2.19. The predicted octanol–water partition coefficient (Wildman–Crippen LogP) is 2.67. The Morgan fingerprint density at radius 3 is 2.78 bits per heavy atom. The van der Waals surface area contributed by atoms with Crippen LogP contribution in [0.3, 0.4) is 0 Å². The molecule has 2 aromatic rings. The maximum atomic E-state index is 4.42. The van der Waals surface area contributed by atoms with Gasteiger partial charge in [0.2, 0.25) is 0 Å². The smallest absolute Gasteiger partial charge is 0.191 e. The van der Waals surface area contributed by atoms with Crippen molar-refractivity contribution < 1.29 is 0 Å². The van der Waals surface area contributed by atoms with Crippen molar-refractivity contribution in [2.45, 2.75) is 38.6 Å². The summed E-state index contributed by atoms with van der Waals surface area (Å²) in [5, 5.41) is 11.4. The molecule has 2 N–H and O–H groups in total. The largest absolute Gasteiger partial charge is 0.367 e. The number of aromatic nitrogens is 2. The summed E-state index contributed by atoms with van der Waals surface area (Å²) in [6, 6.07) is 9.16. The van der Waals surface area contributed by atoms with Gasteiger partial charge in [0, 0.05) is 46.0 Å². The molecular weight excluding hydrogens is 336 g/mol. The van der Waals surface area contributed by atoms with Crippen molar-refractivity contribution in [3.63, 3.8) is 0 Å². The third kappa shape index (κ3) is 5.25. The summed E-state index contributed by atoms with van der Waals surface area (Å²) in [5.41, 5.74) is 3.84. The molecule has 1 fully saturated rings. The molecule has 0 aliphatic carbocycles. The Kier molecular flexibility index (Phi) is 6.37. The van der Waals surface area contributed by atoms with Gasteiger partial charge in [-0.3, -0.25) is 9.67 Å². The van der Waals surface area contributed by atoms with E-state index in [-0.39, 0.29) is 0 Å². The van der Waals surface area contributed by atoms with Crippen molar-refractivity contribution in [3.8, 4) is 0 Å². The fourth-order valence-electron chi connectivity index (χ4n) is 3.55. The number of nitrogens with one attached hydrogen (secondary N) is 2. The number of piperidine rings is 1. The van der Waals surface area contributed by atoms with Crippen LogP contribution in [0.5, 0.6) is 0 Å². The topological polar surface area (TPSA) is 57.5 Å². The normalized spacial score (nSPS) is 19.0. The van der Waals surface area contributed by atoms with Crippen molar-refractivity contribution in [2.75, 3.05) is 31.6 Å². The van der Waals surface area contributed by atoms with Gasteiger partial charge in [-0.1, -0.05) is 36.8 Å². The summed E-state index contributed by atoms with van der Waals surface area (Å²) in [6.07, 6.45) is 6.35. The van der Waals surface area contributed by atoms with E-state index in [1.165, 1.54) is 23.2 Å². The molecule has 6 heteroatoms. The van der Waals surface area contributed by atoms with E-state index in [2.05, 4.69) is 69.9 Å². The van der Waals surface area contributed by atoms with Crippen LogP contribution >= 0.6 is 0 Å². The van der Waals surface area contributed by atoms with Gasteiger partial charge in [0.05, 0.1) is 11.9 Å². The summed E-state index contributed by atoms with van der Waals surface area (Å²) >= 11 is 0. The Balaban J connectivity index is 1.51. The van der Waals surface area contributed by atoms with Crippen LogP contribution in [0.25, 0.3) is 0 Å². The van der Waals surface area contributed by atoms with E-state index in [9.17, 15) is 0 Å². The van der Waals surface area contributed by atoms with E-state index < -0.39 is 0 Å². The fraction of sp³-hybridized carbons (Fsp3) is 0.524. The van der Waals surface area contributed by atoms with E-state index in [1.807, 2.05) is 25.0 Å². The molecule has 146 valence electrons. The Hall–Kier alpha value is -2.50. The number of guanidine groups is 1. The van der Waals surface area contributed by atoms with Crippen LogP contribution in [0.2, 0.25) is 0 Å². The van der Waals surface area contributed by atoms with Crippen LogP contribution in [-0.4, -0.2) is 48.5 Å². The lowest BCUT2D eigenvalue weighted by Gasteiger charge is -2.34. The highest BCUT2D eigenvalue weighted by molar-refractivity contribution is 5.80. The van der Waals surface area contributed by atoms with Crippen molar-refractivity contribution in [1.82, 2.24) is 20.4 Å². The molecule has 1 aromatic carbocycles. The van der Waals surface area contributed by atoms with E-state index in [1.54, 1.807) is 0 Å². The maximum absolute atomic E-state index is 4.42. The number of anilines is 1. The maximum Gasteiger partial charge on any atom is 0.191 e. The highest BCUT2D eigenvalue weighted by Gasteiger charge is 2.22. The zero-order valence-corrected chi connectivity index (χ0v) is 16.9. The lowest BCUT2D eigenvalue weighted by Crippen LogP contribution is -2.51. The van der Waals surface area contributed by atoms with Crippen molar-refractivity contribution in [2.24, 2.45) is 12.0 Å². The number of hydrogen-bond donors (Lipinski definition) is 2. The molecule has 27 heavy (non-hydrogen) atoms. The quantitative estimate of drug-likeness (QED) is 0.629. The summed E-state index contributed by atoms with van der Waals surface area (Å²) in [4.78, 5) is 6.82. The third-order valence-corrected chi connectivity index (χ3v) is 5.26. The van der Waals surface area contributed by atoms with Crippen molar-refractivity contribution >= 4 is 11.6 Å². The summed E-state index contributed by atoms with van der Waals surface area (Å²) in [7, 11) is 3.80. The first-order valence-corrected chi connectivity index (χ1v) is 9.82. The number of nitrogens with zero attached hydrogens (tertiary/aromatic N) is 4. The second kappa shape index (κ2) is 8.93. The molecular formula is C21H32N6. The fourth-order valence-corrected chi connectivity index (χ4v) is 3.55. The minimum absolute atomic E-state index is 0.389. The van der Waals surface area contributed by atoms with Gasteiger partial charge in [-0.15, -0.1) is 0 Å². The number of aryl methyl sites for hydroxylation is 2. The van der Waals surface area contributed by atoms with Crippen LogP contribution in [0, 0.1) is 6.92 Å². The molecule has 1 aliphatic rings. The molecule has 2 unspecified atom stereocenters. The van der Waals surface area contributed by atoms with Gasteiger partial charge < -0.3 is 15.5 Å². The first kappa shape index (κ1) is 19.3. The number of aliphatic imine (C=N–C) groups is 1. The molecule has 1 aromatic heterocycles. The minimum atomic E-state index is 0.389. The van der Waals surface area contributed by atoms with Crippen LogP contribution in [-0.2, 0) is 7.05 Å². The van der Waals surface area contributed by atoms with Crippen molar-refractivity contribution in [3.05, 3.63) is 47.8 Å². The zero-order chi connectivity index (χ0) is 19.2. The first-order chi connectivity index (χ1) is 13.0. The number of rotatable bonds is 5. The Bertz CT molecular complexity index is 748. The lowest BCUT2D eigenvalue weighted by molar-refractivity contribution is 0.467. The molecule has 6 nitrogen and oxygen atoms in total. The lowest BCUT2D eigenvalue weighted by atomic mass is 10.00. The Morgan fingerprint density at radius 2 is 2.11 bits per heavy atom. The zero-order valence-electron chi connectivity index (χ0n) is 16.9. The average molecular weight is 369 g/mol. The molecule has 1 aliphatic heterocycles. The SMILES string of the molecule is CN=C(NCC(C)c1ccc(C)cc1)NC1CCCN(c2cnn(C)c2)C1. The van der Waals surface area contributed by atoms with E-state index >= 15 is 0 Å². The second-order valence-corrected chi connectivity index (χ2v) is 7.57. The van der Waals surface area contributed by atoms with Gasteiger partial charge in [-0.2, -0.15) is 5.10 Å². The Morgan fingerprint density at radius 1 is 1.33 bits per heavy atom. The third-order valence-electron chi connectivity index (χ3n) is 5.26. The van der Waals surface area contributed by atoms with Gasteiger partial charge in [-0.05, 0) is 31.2 Å². The van der Waals surface area contributed by atoms with Crippen LogP contribution in [0.15, 0.2) is 41.7 Å². The highest BCUT2D eigenvalue weighted by atomic mass is 15.3. The van der Waals surface area contributed by atoms with E-state index in [4.69, 9.17) is 0 Å². The van der Waals surface area contributed by atoms with E-state index in [0.29, 0.717) is 12.0 Å². The molecule has 2 heterocycles. The molecule has 0 bridgehead atoms. The summed E-state index contributed by atoms with van der Waals surface area (Å²) in [5.74, 6) is 1.31. The summed E-state index contributed by atoms with van der Waals surface area (Å²) in [6.45, 7) is 7.29. The predicted molar refractivity (Wildman–Crippen MR) is 113 cm³/mol. The van der Waals surface area contributed by atoms with E-state index in [0.717, 1.165) is 32.0 Å². The molecule has 3 rings (SSSR count). The average Bonchev–Trinajstić information content (AvgIpc) is 3.12. The minimum Gasteiger partial charge on any atom is -0.367 e. The van der Waals surface area contributed by atoms with Crippen LogP contribution in [0.1, 0.15) is 36.8 Å². The monoisotopic (exact) mass is 368 g/mol. The molecule has 0 saturated carbocycles. The molecule has 0 spiro atoms. The van der Waals surface area contributed by atoms with Crippen molar-refractivity contribution in [1.29, 1.82) is 0 Å². The number of hydrogen-bond acceptors (Lipinski definition) is 3. The van der Waals surface area contributed by atoms with Gasteiger partial charge >= 0.3 is 0 Å². The van der Waals surface area contributed by atoms with Gasteiger partial charge in [0.1, 0.15) is 0 Å². The molecule has 0 radical (unpaired) electrons. The Labute approximate surface area is 162 Å². The van der Waals surface area contributed by atoms with Gasteiger partial charge in [0.25, 0.3) is 0 Å². The molecule has 1 saturated heterocycles. The van der Waals surface area contributed by atoms with Crippen LogP contribution < -0.4 is 15.5 Å². The van der Waals surface area contributed by atoms with Crippen LogP contribution in [0.4, 0.5) is 5.69 Å². The second-order valence-electron chi connectivity index (χ2n) is 7.57. The summed E-state index contributed by atoms with van der Waals surface area (Å²) < 4.78 is 1.86. The van der Waals surface area contributed by atoms with Gasteiger partial charge in [0.15, 0.2) is 5.96 Å².